The van der Waals surface area contributed by atoms with Crippen molar-refractivity contribution in [2.75, 3.05) is 0 Å². The van der Waals surface area contributed by atoms with E-state index in [1.54, 1.807) is 31.2 Å². The first kappa shape index (κ1) is 15.5. The second-order valence-electron chi connectivity index (χ2n) is 4.11. The maximum Gasteiger partial charge on any atom is 0.306 e. The van der Waals surface area contributed by atoms with Crippen LogP contribution in [0.15, 0.2) is 24.3 Å². The van der Waals surface area contributed by atoms with Crippen LogP contribution in [-0.2, 0) is 11.2 Å². The molecule has 0 heterocycles. The van der Waals surface area contributed by atoms with Crippen LogP contribution in [-0.4, -0.2) is 16.2 Å². The summed E-state index contributed by atoms with van der Waals surface area (Å²) in [7, 11) is 0. The number of hydrogen-bond acceptors (Lipinski definition) is 2. The molecule has 1 aromatic carbocycles. The number of unbranched alkanes of at least 4 members (excludes halogenated alkanes) is 1. The molecule has 0 spiro atoms. The molecule has 1 rings (SSSR count). The van der Waals surface area contributed by atoms with Crippen molar-refractivity contribution in [1.82, 2.24) is 0 Å². The number of carboxylic acid groups (broad SMARTS) is 1. The minimum absolute atomic E-state index is 0.201. The number of carbonyl (C=O) groups is 1. The fraction of sp³-hybridized carbons (Fsp3) is 0.500. The Morgan fingerprint density at radius 2 is 1.65 bits per heavy atom. The maximum atomic E-state index is 10.5. The average Bonchev–Trinajstić information content (AvgIpc) is 2.32. The van der Waals surface area contributed by atoms with Crippen molar-refractivity contribution in [3.8, 4) is 5.75 Å². The number of rotatable bonds is 4. The molecule has 3 heteroatoms. The van der Waals surface area contributed by atoms with Crippen LogP contribution in [0.2, 0.25) is 0 Å². The third-order valence-corrected chi connectivity index (χ3v) is 2.40. The maximum absolute atomic E-state index is 10.5. The van der Waals surface area contributed by atoms with E-state index in [0.29, 0.717) is 6.42 Å². The summed E-state index contributed by atoms with van der Waals surface area (Å²) in [5, 5.41) is 17.6. The fourth-order valence-electron chi connectivity index (χ4n) is 1.07. The molecular formula is C14H22O3. The lowest BCUT2D eigenvalue weighted by Crippen LogP contribution is -2.11. The van der Waals surface area contributed by atoms with Crippen molar-refractivity contribution in [2.45, 2.75) is 40.0 Å². The summed E-state index contributed by atoms with van der Waals surface area (Å²) < 4.78 is 0. The van der Waals surface area contributed by atoms with Crippen LogP contribution in [0.1, 0.15) is 39.2 Å². The Bertz CT molecular complexity index is 315. The highest BCUT2D eigenvalue weighted by molar-refractivity contribution is 5.69. The zero-order chi connectivity index (χ0) is 13.3. The van der Waals surface area contributed by atoms with Crippen molar-refractivity contribution in [2.24, 2.45) is 5.92 Å². The smallest absolute Gasteiger partial charge is 0.306 e. The van der Waals surface area contributed by atoms with Gasteiger partial charge in [0, 0.05) is 0 Å². The van der Waals surface area contributed by atoms with Gasteiger partial charge in [-0.15, -0.1) is 0 Å². The van der Waals surface area contributed by atoms with E-state index in [1.165, 1.54) is 12.8 Å². The lowest BCUT2D eigenvalue weighted by Gasteiger charge is -2.05. The van der Waals surface area contributed by atoms with E-state index in [0.717, 1.165) is 5.56 Å². The van der Waals surface area contributed by atoms with Gasteiger partial charge in [0.2, 0.25) is 0 Å². The van der Waals surface area contributed by atoms with Crippen LogP contribution in [0.4, 0.5) is 0 Å². The molecule has 0 bridgehead atoms. The molecule has 1 aromatic rings. The number of aromatic hydroxyl groups is 1. The molecule has 2 N–H and O–H groups in total. The molecule has 1 unspecified atom stereocenters. The molecule has 0 amide bonds. The SMILES string of the molecule is CC(Cc1ccc(O)cc1)C(=O)O.CCCC. The summed E-state index contributed by atoms with van der Waals surface area (Å²) in [4.78, 5) is 10.5. The molecule has 0 aliphatic heterocycles. The number of hydrogen-bond donors (Lipinski definition) is 2. The quantitative estimate of drug-likeness (QED) is 0.844. The van der Waals surface area contributed by atoms with Gasteiger partial charge < -0.3 is 10.2 Å². The second kappa shape index (κ2) is 8.62. The predicted molar refractivity (Wildman–Crippen MR) is 69.2 cm³/mol. The Balaban J connectivity index is 0.000000557. The summed E-state index contributed by atoms with van der Waals surface area (Å²) >= 11 is 0. The van der Waals surface area contributed by atoms with Gasteiger partial charge in [0.15, 0.2) is 0 Å². The van der Waals surface area contributed by atoms with Crippen molar-refractivity contribution in [1.29, 1.82) is 0 Å². The van der Waals surface area contributed by atoms with E-state index in [-0.39, 0.29) is 11.7 Å². The monoisotopic (exact) mass is 238 g/mol. The first-order valence-corrected chi connectivity index (χ1v) is 6.01. The van der Waals surface area contributed by atoms with E-state index < -0.39 is 5.97 Å². The van der Waals surface area contributed by atoms with Gasteiger partial charge in [-0.25, -0.2) is 0 Å². The average molecular weight is 238 g/mol. The molecule has 0 fully saturated rings. The number of phenolic OH excluding ortho intramolecular Hbond substituents is 1. The topological polar surface area (TPSA) is 57.5 Å². The van der Waals surface area contributed by atoms with E-state index in [4.69, 9.17) is 10.2 Å². The Kier molecular flexibility index (Phi) is 7.85. The van der Waals surface area contributed by atoms with Gasteiger partial charge in [-0.05, 0) is 24.1 Å². The highest BCUT2D eigenvalue weighted by Crippen LogP contribution is 2.13. The van der Waals surface area contributed by atoms with Gasteiger partial charge >= 0.3 is 5.97 Å². The van der Waals surface area contributed by atoms with Crippen LogP contribution in [0.25, 0.3) is 0 Å². The third kappa shape index (κ3) is 7.39. The van der Waals surface area contributed by atoms with E-state index in [2.05, 4.69) is 13.8 Å². The highest BCUT2D eigenvalue weighted by Gasteiger charge is 2.10. The largest absolute Gasteiger partial charge is 0.508 e. The van der Waals surface area contributed by atoms with Gasteiger partial charge in [-0.2, -0.15) is 0 Å². The second-order valence-corrected chi connectivity index (χ2v) is 4.11. The number of phenols is 1. The van der Waals surface area contributed by atoms with E-state index >= 15 is 0 Å². The third-order valence-electron chi connectivity index (χ3n) is 2.40. The first-order valence-electron chi connectivity index (χ1n) is 6.01. The predicted octanol–water partition coefficient (Wildman–Crippen LogP) is 3.46. The Hall–Kier alpha value is -1.51. The van der Waals surface area contributed by atoms with Crippen LogP contribution in [0, 0.1) is 5.92 Å². The van der Waals surface area contributed by atoms with Crippen molar-refractivity contribution >= 4 is 5.97 Å². The van der Waals surface area contributed by atoms with Gasteiger partial charge in [0.1, 0.15) is 5.75 Å². The van der Waals surface area contributed by atoms with Gasteiger partial charge in [0.25, 0.3) is 0 Å². The summed E-state index contributed by atoms with van der Waals surface area (Å²) in [5.74, 6) is -0.982. The molecule has 0 aliphatic carbocycles. The number of aliphatic carboxylic acids is 1. The van der Waals surface area contributed by atoms with E-state index in [9.17, 15) is 4.79 Å². The first-order chi connectivity index (χ1) is 8.01. The van der Waals surface area contributed by atoms with Crippen LogP contribution in [0.5, 0.6) is 5.75 Å². The molecule has 3 nitrogen and oxygen atoms in total. The molecular weight excluding hydrogens is 216 g/mol. The Morgan fingerprint density at radius 3 is 2.00 bits per heavy atom. The molecule has 0 aromatic heterocycles. The molecule has 0 saturated carbocycles. The summed E-state index contributed by atoms with van der Waals surface area (Å²) in [6.07, 6.45) is 3.13. The molecule has 17 heavy (non-hydrogen) atoms. The van der Waals surface area contributed by atoms with Crippen LogP contribution >= 0.6 is 0 Å². The summed E-state index contributed by atoms with van der Waals surface area (Å²) in [5.41, 5.74) is 0.924. The molecule has 0 aliphatic rings. The lowest BCUT2D eigenvalue weighted by molar-refractivity contribution is -0.141. The zero-order valence-corrected chi connectivity index (χ0v) is 10.8. The minimum atomic E-state index is -0.798. The summed E-state index contributed by atoms with van der Waals surface area (Å²) in [6.45, 7) is 6.02. The lowest BCUT2D eigenvalue weighted by atomic mass is 10.0. The highest BCUT2D eigenvalue weighted by atomic mass is 16.4. The van der Waals surface area contributed by atoms with E-state index in [1.807, 2.05) is 0 Å². The van der Waals surface area contributed by atoms with Crippen molar-refractivity contribution in [3.05, 3.63) is 29.8 Å². The number of benzene rings is 1. The molecule has 0 saturated heterocycles. The molecule has 96 valence electrons. The molecule has 1 atom stereocenters. The van der Waals surface area contributed by atoms with Gasteiger partial charge in [0.05, 0.1) is 5.92 Å². The zero-order valence-electron chi connectivity index (χ0n) is 10.8. The minimum Gasteiger partial charge on any atom is -0.508 e. The Labute approximate surface area is 103 Å². The fourth-order valence-corrected chi connectivity index (χ4v) is 1.07. The standard InChI is InChI=1S/C10H12O3.C4H10/c1-7(10(12)13)6-8-2-4-9(11)5-3-8;1-3-4-2/h2-5,7,11H,6H2,1H3,(H,12,13);3-4H2,1-2H3. The van der Waals surface area contributed by atoms with Crippen LogP contribution < -0.4 is 0 Å². The van der Waals surface area contributed by atoms with Gasteiger partial charge in [-0.1, -0.05) is 45.7 Å². The Morgan fingerprint density at radius 1 is 1.18 bits per heavy atom. The molecule has 0 radical (unpaired) electrons. The van der Waals surface area contributed by atoms with Crippen LogP contribution in [0.3, 0.4) is 0 Å². The van der Waals surface area contributed by atoms with Crippen molar-refractivity contribution in [3.63, 3.8) is 0 Å². The summed E-state index contributed by atoms with van der Waals surface area (Å²) in [6, 6.07) is 6.58. The van der Waals surface area contributed by atoms with Crippen molar-refractivity contribution < 1.29 is 15.0 Å². The van der Waals surface area contributed by atoms with Gasteiger partial charge in [-0.3, -0.25) is 4.79 Å². The number of carboxylic acids is 1. The normalized spacial score (nSPS) is 11.2.